The molecule has 2 fully saturated rings. The van der Waals surface area contributed by atoms with Gasteiger partial charge in [0.1, 0.15) is 29.5 Å². The van der Waals surface area contributed by atoms with Gasteiger partial charge in [-0.05, 0) is 57.1 Å². The van der Waals surface area contributed by atoms with Crippen LogP contribution >= 0.6 is 0 Å². The molecular formula is C21H34O8. The maximum Gasteiger partial charge on any atom is 0.328 e. The first-order chi connectivity index (χ1) is 13.2. The third-order valence-corrected chi connectivity index (χ3v) is 6.42. The highest BCUT2D eigenvalue weighted by Gasteiger charge is 2.59. The minimum atomic E-state index is -1.51. The molecule has 7 atom stereocenters. The Kier molecular flexibility index (Phi) is 6.99. The summed E-state index contributed by atoms with van der Waals surface area (Å²) in [7, 11) is 0. The van der Waals surface area contributed by atoms with Crippen molar-refractivity contribution < 1.29 is 39.8 Å². The van der Waals surface area contributed by atoms with E-state index in [1.54, 1.807) is 32.9 Å². The predicted molar refractivity (Wildman–Crippen MR) is 105 cm³/mol. The lowest BCUT2D eigenvalue weighted by atomic mass is 9.58. The van der Waals surface area contributed by atoms with Crippen LogP contribution in [0, 0.1) is 5.41 Å². The summed E-state index contributed by atoms with van der Waals surface area (Å²) in [6.07, 6.45) is -0.109. The Hall–Kier alpha value is -1.29. The SMILES string of the molecule is CC(C=CC1(O)C(C)(C)CCCC1(C)OC1OC(C)C(O)C(O)C1O)=CC(=O)O. The molecule has 0 aromatic rings. The summed E-state index contributed by atoms with van der Waals surface area (Å²) in [6, 6.07) is 0. The molecule has 0 radical (unpaired) electrons. The summed E-state index contributed by atoms with van der Waals surface area (Å²) in [5, 5.41) is 51.0. The number of aliphatic hydroxyl groups excluding tert-OH is 3. The molecule has 1 saturated carbocycles. The molecule has 8 nitrogen and oxygen atoms in total. The van der Waals surface area contributed by atoms with Crippen LogP contribution in [0.4, 0.5) is 0 Å². The van der Waals surface area contributed by atoms with Crippen molar-refractivity contribution in [2.24, 2.45) is 5.41 Å². The largest absolute Gasteiger partial charge is 0.478 e. The molecule has 0 amide bonds. The molecule has 7 unspecified atom stereocenters. The lowest BCUT2D eigenvalue weighted by Gasteiger charge is -2.57. The molecule has 0 spiro atoms. The third-order valence-electron chi connectivity index (χ3n) is 6.42. The molecule has 0 aromatic carbocycles. The Morgan fingerprint density at radius 2 is 1.72 bits per heavy atom. The summed E-state index contributed by atoms with van der Waals surface area (Å²) in [4.78, 5) is 10.9. The third kappa shape index (κ3) is 4.57. The summed E-state index contributed by atoms with van der Waals surface area (Å²) < 4.78 is 11.7. The van der Waals surface area contributed by atoms with Crippen molar-refractivity contribution in [2.45, 2.75) is 95.8 Å². The smallest absolute Gasteiger partial charge is 0.328 e. The Morgan fingerprint density at radius 3 is 2.31 bits per heavy atom. The highest BCUT2D eigenvalue weighted by molar-refractivity contribution is 5.81. The lowest BCUT2D eigenvalue weighted by molar-refractivity contribution is -0.348. The molecule has 1 aliphatic heterocycles. The maximum atomic E-state index is 11.8. The predicted octanol–water partition coefficient (Wildman–Crippen LogP) is 1.12. The van der Waals surface area contributed by atoms with Gasteiger partial charge in [-0.2, -0.15) is 0 Å². The van der Waals surface area contributed by atoms with Gasteiger partial charge in [0.15, 0.2) is 6.29 Å². The fourth-order valence-electron chi connectivity index (χ4n) is 4.38. The number of hydrogen-bond donors (Lipinski definition) is 5. The van der Waals surface area contributed by atoms with Gasteiger partial charge in [0.05, 0.1) is 6.10 Å². The van der Waals surface area contributed by atoms with Crippen LogP contribution in [0.5, 0.6) is 0 Å². The van der Waals surface area contributed by atoms with Crippen molar-refractivity contribution >= 4 is 5.97 Å². The van der Waals surface area contributed by atoms with E-state index in [1.165, 1.54) is 0 Å². The van der Waals surface area contributed by atoms with Gasteiger partial charge in [-0.1, -0.05) is 19.9 Å². The molecule has 1 aliphatic carbocycles. The van der Waals surface area contributed by atoms with E-state index < -0.39 is 53.3 Å². The van der Waals surface area contributed by atoms with Crippen LogP contribution in [0.3, 0.4) is 0 Å². The van der Waals surface area contributed by atoms with Gasteiger partial charge >= 0.3 is 5.97 Å². The number of carboxylic acid groups (broad SMARTS) is 1. The average molecular weight is 414 g/mol. The summed E-state index contributed by atoms with van der Waals surface area (Å²) in [6.45, 7) is 8.69. The Bertz CT molecular complexity index is 672. The summed E-state index contributed by atoms with van der Waals surface area (Å²) >= 11 is 0. The zero-order chi connectivity index (χ0) is 22.2. The first-order valence-electron chi connectivity index (χ1n) is 9.94. The monoisotopic (exact) mass is 414 g/mol. The summed E-state index contributed by atoms with van der Waals surface area (Å²) in [5.74, 6) is -1.08. The molecule has 5 N–H and O–H groups in total. The molecule has 1 heterocycles. The zero-order valence-electron chi connectivity index (χ0n) is 17.7. The van der Waals surface area contributed by atoms with Gasteiger partial charge in [0.25, 0.3) is 0 Å². The zero-order valence-corrected chi connectivity index (χ0v) is 17.7. The second-order valence-corrected chi connectivity index (χ2v) is 9.09. The Labute approximate surface area is 171 Å². The fraction of sp³-hybridized carbons (Fsp3) is 0.762. The van der Waals surface area contributed by atoms with E-state index >= 15 is 0 Å². The van der Waals surface area contributed by atoms with Gasteiger partial charge in [0, 0.05) is 6.08 Å². The average Bonchev–Trinajstić information content (AvgIpc) is 2.60. The van der Waals surface area contributed by atoms with Crippen LogP contribution in [0.25, 0.3) is 0 Å². The molecule has 29 heavy (non-hydrogen) atoms. The molecule has 8 heteroatoms. The van der Waals surface area contributed by atoms with Crippen LogP contribution in [0.2, 0.25) is 0 Å². The van der Waals surface area contributed by atoms with Crippen LogP contribution in [-0.4, -0.2) is 73.4 Å². The minimum Gasteiger partial charge on any atom is -0.478 e. The van der Waals surface area contributed by atoms with E-state index in [2.05, 4.69) is 0 Å². The molecule has 2 aliphatic rings. The van der Waals surface area contributed by atoms with Gasteiger partial charge in [-0.15, -0.1) is 0 Å². The van der Waals surface area contributed by atoms with Crippen LogP contribution in [0.15, 0.2) is 23.8 Å². The molecular weight excluding hydrogens is 380 g/mol. The number of ether oxygens (including phenoxy) is 2. The van der Waals surface area contributed by atoms with E-state index in [0.29, 0.717) is 18.4 Å². The molecule has 0 aromatic heterocycles. The van der Waals surface area contributed by atoms with Crippen LogP contribution in [0.1, 0.15) is 53.9 Å². The van der Waals surface area contributed by atoms with Gasteiger partial charge in [0.2, 0.25) is 0 Å². The normalized spacial score (nSPS) is 43.5. The van der Waals surface area contributed by atoms with Crippen molar-refractivity contribution in [1.29, 1.82) is 0 Å². The van der Waals surface area contributed by atoms with E-state index in [-0.39, 0.29) is 0 Å². The van der Waals surface area contributed by atoms with E-state index in [1.807, 2.05) is 13.8 Å². The van der Waals surface area contributed by atoms with Crippen molar-refractivity contribution in [3.05, 3.63) is 23.8 Å². The van der Waals surface area contributed by atoms with E-state index in [9.17, 15) is 25.2 Å². The number of hydrogen-bond acceptors (Lipinski definition) is 7. The second-order valence-electron chi connectivity index (χ2n) is 9.09. The number of allylic oxidation sites excluding steroid dienone is 2. The quantitative estimate of drug-likeness (QED) is 0.333. The number of aliphatic carboxylic acids is 1. The Morgan fingerprint density at radius 1 is 1.10 bits per heavy atom. The van der Waals surface area contributed by atoms with Crippen LogP contribution < -0.4 is 0 Å². The molecule has 2 rings (SSSR count). The van der Waals surface area contributed by atoms with E-state index in [4.69, 9.17) is 14.6 Å². The topological polar surface area (TPSA) is 137 Å². The first-order valence-corrected chi connectivity index (χ1v) is 9.94. The number of carbonyl (C=O) groups is 1. The van der Waals surface area contributed by atoms with Crippen molar-refractivity contribution in [2.75, 3.05) is 0 Å². The van der Waals surface area contributed by atoms with Crippen molar-refractivity contribution in [1.82, 2.24) is 0 Å². The molecule has 0 bridgehead atoms. The molecule has 166 valence electrons. The van der Waals surface area contributed by atoms with Gasteiger partial charge in [-0.3, -0.25) is 0 Å². The Balaban J connectivity index is 2.38. The maximum absolute atomic E-state index is 11.8. The van der Waals surface area contributed by atoms with Gasteiger partial charge in [-0.25, -0.2) is 4.79 Å². The molecule has 1 saturated heterocycles. The van der Waals surface area contributed by atoms with Crippen LogP contribution in [-0.2, 0) is 14.3 Å². The first kappa shape index (κ1) is 24.0. The lowest BCUT2D eigenvalue weighted by Crippen LogP contribution is -2.67. The second kappa shape index (κ2) is 8.45. The standard InChI is InChI=1S/C21H34O8/c1-12(11-14(22)23)7-10-21(27)19(3,4)8-6-9-20(21,5)29-18-17(26)16(25)15(24)13(2)28-18/h7,10-11,13,15-18,24-27H,6,8-9H2,1-5H3,(H,22,23). The minimum absolute atomic E-state index is 0.454. The highest BCUT2D eigenvalue weighted by Crippen LogP contribution is 2.52. The van der Waals surface area contributed by atoms with Gasteiger partial charge < -0.3 is 35.0 Å². The van der Waals surface area contributed by atoms with Crippen molar-refractivity contribution in [3.8, 4) is 0 Å². The number of aliphatic hydroxyl groups is 4. The summed E-state index contributed by atoms with van der Waals surface area (Å²) in [5.41, 5.74) is -2.87. The van der Waals surface area contributed by atoms with E-state index in [0.717, 1.165) is 12.5 Å². The highest BCUT2D eigenvalue weighted by atomic mass is 16.7. The van der Waals surface area contributed by atoms with Crippen molar-refractivity contribution in [3.63, 3.8) is 0 Å². The fourth-order valence-corrected chi connectivity index (χ4v) is 4.38. The number of carboxylic acids is 1. The number of rotatable bonds is 5.